The number of unbranched alkanes of at least 4 members (excludes halogenated alkanes) is 81. The summed E-state index contributed by atoms with van der Waals surface area (Å²) >= 11 is 0. The molecule has 0 aromatic rings. The van der Waals surface area contributed by atoms with Crippen molar-refractivity contribution < 1.29 is 21.6 Å². The molecule has 724 valence electrons. The van der Waals surface area contributed by atoms with E-state index in [4.69, 9.17) is 8.54 Å². The van der Waals surface area contributed by atoms with Gasteiger partial charge in [-0.1, -0.05) is 647 Å². The van der Waals surface area contributed by atoms with Crippen LogP contribution in [0, 0.1) is 0 Å². The van der Waals surface area contributed by atoms with Crippen molar-refractivity contribution in [2.75, 3.05) is 0 Å². The molecule has 0 N–H and O–H groups in total. The Kier molecular flexibility index (Phi) is 96.0. The van der Waals surface area contributed by atoms with Gasteiger partial charge in [-0.15, -0.1) is 0 Å². The van der Waals surface area contributed by atoms with Gasteiger partial charge in [-0.2, -0.15) is 0 Å². The van der Waals surface area contributed by atoms with Gasteiger partial charge in [0.05, 0.1) is 0 Å². The molecule has 121 heavy (non-hydrogen) atoms. The van der Waals surface area contributed by atoms with Crippen molar-refractivity contribution in [2.45, 2.75) is 702 Å². The standard InChI is InChI=1S/C112H230O5Si4/c1-12-21-30-39-48-57-66-75-84-93-102-118(103-94-85-76-67-58-49-40-31-22-13-2,104-95-86-77-68-59-50-41-32-23-14-3)115-120(107-98-89-80-71-62-53-44-35-26-17-6,108-99-90-81-72-63-54-45-36-27-18-7)117-121(109-100-91-82-73-64-55-46-37-28-19-8,110-101-92-83-74-65-56-47-38-29-20-9)116-119(114-112(11)111(10)113,105-96-87-78-69-60-51-42-33-24-15-4)106-97-88-79-70-61-52-43-34-25-16-5/h11-110H2,1-10H3. The number of carbonyl (C=O) groups is 1. The van der Waals surface area contributed by atoms with Crippen LogP contribution in [0.5, 0.6) is 0 Å². The summed E-state index contributed by atoms with van der Waals surface area (Å²) in [6.07, 6.45) is 122. The van der Waals surface area contributed by atoms with E-state index >= 15 is 0 Å². The summed E-state index contributed by atoms with van der Waals surface area (Å²) in [6.45, 7) is 27.7. The van der Waals surface area contributed by atoms with Gasteiger partial charge in [0.15, 0.2) is 14.1 Å². The fourth-order valence-electron chi connectivity index (χ4n) is 20.0. The van der Waals surface area contributed by atoms with Crippen LogP contribution in [-0.2, 0) is 21.6 Å². The molecule has 5 nitrogen and oxygen atoms in total. The highest BCUT2D eigenvalue weighted by molar-refractivity contribution is 6.91. The molecule has 0 aliphatic rings. The maximum atomic E-state index is 14.3. The normalized spacial score (nSPS) is 12.3. The summed E-state index contributed by atoms with van der Waals surface area (Å²) in [6, 6.07) is 10.4. The van der Waals surface area contributed by atoms with Crippen molar-refractivity contribution in [1.29, 1.82) is 0 Å². The average molecular weight is 1770 g/mol. The number of Topliss-reactive ketones (excluding diaryl/α,β-unsaturated/α-hetero) is 1. The number of hydrogen-bond donors (Lipinski definition) is 0. The summed E-state index contributed by atoms with van der Waals surface area (Å²) < 4.78 is 36.0. The first kappa shape index (κ1) is 121. The molecule has 0 aliphatic heterocycles. The minimum atomic E-state index is -3.29. The molecule has 0 bridgehead atoms. The molecule has 9 heteroatoms. The van der Waals surface area contributed by atoms with Gasteiger partial charge in [-0.05, 0) is 42.3 Å². The molecule has 0 atom stereocenters. The first-order valence-corrected chi connectivity index (χ1v) is 66.7. The van der Waals surface area contributed by atoms with E-state index in [-0.39, 0.29) is 5.78 Å². The van der Waals surface area contributed by atoms with Crippen molar-refractivity contribution in [1.82, 2.24) is 0 Å². The maximum absolute atomic E-state index is 14.3. The van der Waals surface area contributed by atoms with Crippen molar-refractivity contribution >= 4 is 39.8 Å². The Hall–Kier alpha value is -0.0425. The quantitative estimate of drug-likeness (QED) is 0.0263. The third kappa shape index (κ3) is 80.5. The molecule has 0 fully saturated rings. The summed E-state index contributed by atoms with van der Waals surface area (Å²) in [5.74, 6) is 0.387. The van der Waals surface area contributed by atoms with E-state index in [0.717, 1.165) is 49.1 Å². The van der Waals surface area contributed by atoms with E-state index in [1.54, 1.807) is 6.92 Å². The Morgan fingerprint density at radius 2 is 0.281 bits per heavy atom. The first-order valence-electron chi connectivity index (χ1n) is 57.5. The van der Waals surface area contributed by atoms with E-state index in [2.05, 4.69) is 68.9 Å². The number of hydrogen-bond acceptors (Lipinski definition) is 5. The van der Waals surface area contributed by atoms with Crippen LogP contribution in [0.1, 0.15) is 647 Å². The second kappa shape index (κ2) is 96.0. The molecule has 0 radical (unpaired) electrons. The lowest BCUT2D eigenvalue weighted by atomic mass is 10.1. The second-order valence-electron chi connectivity index (χ2n) is 40.7. The van der Waals surface area contributed by atoms with Gasteiger partial charge in [0.2, 0.25) is 0 Å². The topological polar surface area (TPSA) is 54.0 Å². The Labute approximate surface area is 770 Å². The Balaban J connectivity index is 9.52. The van der Waals surface area contributed by atoms with Gasteiger partial charge in [-0.3, -0.25) is 4.79 Å². The van der Waals surface area contributed by atoms with E-state index in [1.807, 2.05) is 0 Å². The Morgan fingerprint density at radius 3 is 0.430 bits per heavy atom. The highest BCUT2D eigenvalue weighted by Gasteiger charge is 2.56. The van der Waals surface area contributed by atoms with Crippen molar-refractivity contribution in [3.8, 4) is 0 Å². The Bertz CT molecular complexity index is 1890. The molecular formula is C112H230O5Si4. The molecule has 0 rings (SSSR count). The zero-order valence-electron chi connectivity index (χ0n) is 85.8. The molecular weight excluding hydrogens is 1540 g/mol. The molecule has 0 aromatic heterocycles. The van der Waals surface area contributed by atoms with E-state index in [1.165, 1.54) is 583 Å². The minimum absolute atomic E-state index is 0.000118. The molecule has 0 amide bonds. The van der Waals surface area contributed by atoms with E-state index in [0.29, 0.717) is 5.76 Å². The van der Waals surface area contributed by atoms with Crippen LogP contribution in [0.2, 0.25) is 54.4 Å². The third-order valence-electron chi connectivity index (χ3n) is 28.3. The van der Waals surface area contributed by atoms with E-state index < -0.39 is 34.0 Å². The molecule has 0 spiro atoms. The van der Waals surface area contributed by atoms with Crippen LogP contribution in [0.3, 0.4) is 0 Å². The van der Waals surface area contributed by atoms with Crippen LogP contribution < -0.4 is 0 Å². The van der Waals surface area contributed by atoms with Gasteiger partial charge < -0.3 is 16.8 Å². The zero-order chi connectivity index (χ0) is 88.0. The van der Waals surface area contributed by atoms with Crippen LogP contribution in [0.4, 0.5) is 0 Å². The van der Waals surface area contributed by atoms with Crippen LogP contribution in [0.25, 0.3) is 0 Å². The van der Waals surface area contributed by atoms with Gasteiger partial charge in [0, 0.05) is 19.0 Å². The third-order valence-corrected chi connectivity index (χ3v) is 48.6. The lowest BCUT2D eigenvalue weighted by molar-refractivity contribution is -0.115. The molecule has 0 unspecified atom stereocenters. The minimum Gasteiger partial charge on any atom is -0.518 e. The largest absolute Gasteiger partial charge is 0.518 e. The lowest BCUT2D eigenvalue weighted by Crippen LogP contribution is -2.63. The number of ketones is 1. The average Bonchev–Trinajstić information content (AvgIpc) is 0.770. The highest BCUT2D eigenvalue weighted by Crippen LogP contribution is 2.45. The molecule has 0 heterocycles. The van der Waals surface area contributed by atoms with Crippen molar-refractivity contribution in [3.05, 3.63) is 12.3 Å². The molecule has 0 saturated carbocycles. The zero-order valence-corrected chi connectivity index (χ0v) is 89.8. The first-order chi connectivity index (χ1) is 59.5. The Morgan fingerprint density at radius 1 is 0.165 bits per heavy atom. The maximum Gasteiger partial charge on any atom is 0.390 e. The SMILES string of the molecule is C=C(O[Si](CCCCCCCCCCCC)(CCCCCCCCCCCC)O[Si](CCCCCCCCCCCC)(CCCCCCCCCCCC)O[Si](CCCCCCCCCCCC)(CCCCCCCCCCCC)O[Si](CCCCCCCCCCCC)(CCCCCCCCCCCC)CCCCCCCCCCCC)C(C)=O. The van der Waals surface area contributed by atoms with Crippen molar-refractivity contribution in [2.24, 2.45) is 0 Å². The van der Waals surface area contributed by atoms with Crippen molar-refractivity contribution in [3.63, 3.8) is 0 Å². The van der Waals surface area contributed by atoms with Gasteiger partial charge in [0.25, 0.3) is 0 Å². The van der Waals surface area contributed by atoms with Gasteiger partial charge >= 0.3 is 25.7 Å². The van der Waals surface area contributed by atoms with Crippen LogP contribution in [-0.4, -0.2) is 39.8 Å². The highest BCUT2D eigenvalue weighted by atomic mass is 28.5. The smallest absolute Gasteiger partial charge is 0.390 e. The fourth-order valence-corrected chi connectivity index (χ4v) is 44.9. The number of rotatable bonds is 108. The van der Waals surface area contributed by atoms with Gasteiger partial charge in [-0.25, -0.2) is 0 Å². The van der Waals surface area contributed by atoms with Crippen LogP contribution in [0.15, 0.2) is 12.3 Å². The summed E-state index contributed by atoms with van der Waals surface area (Å²) in [5.41, 5.74) is 0. The predicted molar refractivity (Wildman–Crippen MR) is 557 cm³/mol. The molecule has 0 aromatic carbocycles. The summed E-state index contributed by atoms with van der Waals surface area (Å²) in [4.78, 5) is 14.3. The second-order valence-corrected chi connectivity index (χ2v) is 55.7. The fraction of sp³-hybridized carbons (Fsp3) is 0.973. The predicted octanol–water partition coefficient (Wildman–Crippen LogP) is 42.7. The number of carbonyl (C=O) groups excluding carboxylic acids is 1. The monoisotopic (exact) mass is 1770 g/mol. The van der Waals surface area contributed by atoms with Crippen LogP contribution >= 0.6 is 0 Å². The lowest BCUT2D eigenvalue weighted by Gasteiger charge is -2.49. The number of allylic oxidation sites excluding steroid dienone is 1. The summed E-state index contributed by atoms with van der Waals surface area (Å²) in [5, 5.41) is 0. The summed E-state index contributed by atoms with van der Waals surface area (Å²) in [7, 11) is -12.2. The van der Waals surface area contributed by atoms with Gasteiger partial charge in [0.1, 0.15) is 5.76 Å². The molecule has 0 aliphatic carbocycles. The van der Waals surface area contributed by atoms with E-state index in [9.17, 15) is 13.0 Å². The molecule has 0 saturated heterocycles.